The van der Waals surface area contributed by atoms with Gasteiger partial charge in [0.05, 0.1) is 6.10 Å². The van der Waals surface area contributed by atoms with E-state index >= 15 is 0 Å². The third kappa shape index (κ3) is 4.14. The number of hydrogen-bond acceptors (Lipinski definition) is 1. The molecule has 0 aliphatic carbocycles. The lowest BCUT2D eigenvalue weighted by atomic mass is 10.0. The molecule has 20 heavy (non-hydrogen) atoms. The van der Waals surface area contributed by atoms with E-state index in [1.54, 1.807) is 12.1 Å². The Balaban J connectivity index is 1.84. The van der Waals surface area contributed by atoms with E-state index in [9.17, 15) is 13.9 Å². The Labute approximate surface area is 117 Å². The van der Waals surface area contributed by atoms with Crippen LogP contribution in [-0.4, -0.2) is 5.11 Å². The van der Waals surface area contributed by atoms with Crippen LogP contribution in [0, 0.1) is 0 Å². The average molecular weight is 276 g/mol. The van der Waals surface area contributed by atoms with Crippen molar-refractivity contribution in [1.82, 2.24) is 0 Å². The molecule has 3 heteroatoms. The zero-order valence-corrected chi connectivity index (χ0v) is 11.2. The van der Waals surface area contributed by atoms with Crippen molar-refractivity contribution >= 4 is 0 Å². The minimum Gasteiger partial charge on any atom is -0.388 e. The molecular formula is C17H18F2O. The zero-order chi connectivity index (χ0) is 14.4. The number of hydrogen-bond donors (Lipinski definition) is 1. The van der Waals surface area contributed by atoms with Gasteiger partial charge in [0.1, 0.15) is 0 Å². The van der Waals surface area contributed by atoms with Crippen molar-refractivity contribution in [3.63, 3.8) is 0 Å². The van der Waals surface area contributed by atoms with Crippen LogP contribution in [0.15, 0.2) is 54.6 Å². The van der Waals surface area contributed by atoms with Gasteiger partial charge >= 0.3 is 0 Å². The largest absolute Gasteiger partial charge is 0.388 e. The first-order valence-corrected chi connectivity index (χ1v) is 6.77. The maximum absolute atomic E-state index is 12.4. The zero-order valence-electron chi connectivity index (χ0n) is 11.2. The summed E-state index contributed by atoms with van der Waals surface area (Å²) in [4.78, 5) is 0. The number of aliphatic hydroxyl groups is 1. The van der Waals surface area contributed by atoms with Crippen LogP contribution in [0.1, 0.15) is 42.1 Å². The fraction of sp³-hybridized carbons (Fsp3) is 0.294. The third-order valence-electron chi connectivity index (χ3n) is 3.36. The lowest BCUT2D eigenvalue weighted by molar-refractivity contribution is 0.150. The molecule has 0 spiro atoms. The minimum absolute atomic E-state index is 0.00904. The summed E-state index contributed by atoms with van der Waals surface area (Å²) in [6.07, 6.45) is -0.651. The summed E-state index contributed by atoms with van der Waals surface area (Å²) in [5.74, 6) is 0. The summed E-state index contributed by atoms with van der Waals surface area (Å²) in [6, 6.07) is 16.0. The van der Waals surface area contributed by atoms with Gasteiger partial charge in [0.15, 0.2) is 0 Å². The summed E-state index contributed by atoms with van der Waals surface area (Å²) in [5, 5.41) is 10.0. The van der Waals surface area contributed by atoms with Crippen LogP contribution in [0.3, 0.4) is 0 Å². The van der Waals surface area contributed by atoms with Crippen molar-refractivity contribution in [1.29, 1.82) is 0 Å². The molecule has 0 heterocycles. The lowest BCUT2D eigenvalue weighted by Gasteiger charge is -2.11. The van der Waals surface area contributed by atoms with E-state index in [-0.39, 0.29) is 5.56 Å². The van der Waals surface area contributed by atoms with E-state index in [1.807, 2.05) is 18.2 Å². The van der Waals surface area contributed by atoms with Crippen LogP contribution in [0.2, 0.25) is 0 Å². The summed E-state index contributed by atoms with van der Waals surface area (Å²) >= 11 is 0. The highest BCUT2D eigenvalue weighted by molar-refractivity contribution is 5.25. The SMILES string of the molecule is OC(CCCc1ccccc1)c1ccc(C(F)F)cc1. The number of aryl methyl sites for hydroxylation is 1. The van der Waals surface area contributed by atoms with Crippen molar-refractivity contribution in [2.24, 2.45) is 0 Å². The number of rotatable bonds is 6. The van der Waals surface area contributed by atoms with E-state index in [0.717, 1.165) is 12.8 Å². The minimum atomic E-state index is -2.46. The summed E-state index contributed by atoms with van der Waals surface area (Å²) in [6.45, 7) is 0. The van der Waals surface area contributed by atoms with Gasteiger partial charge in [0.25, 0.3) is 6.43 Å². The predicted molar refractivity (Wildman–Crippen MR) is 75.7 cm³/mol. The first kappa shape index (κ1) is 14.7. The van der Waals surface area contributed by atoms with Crippen LogP contribution in [-0.2, 0) is 6.42 Å². The average Bonchev–Trinajstić information content (AvgIpc) is 2.48. The Bertz CT molecular complexity index is 508. The third-order valence-corrected chi connectivity index (χ3v) is 3.36. The molecule has 2 rings (SSSR count). The highest BCUT2D eigenvalue weighted by Gasteiger charge is 2.10. The van der Waals surface area contributed by atoms with E-state index < -0.39 is 12.5 Å². The smallest absolute Gasteiger partial charge is 0.263 e. The topological polar surface area (TPSA) is 20.2 Å². The first-order chi connectivity index (χ1) is 9.66. The Morgan fingerprint density at radius 1 is 0.850 bits per heavy atom. The van der Waals surface area contributed by atoms with Gasteiger partial charge in [0, 0.05) is 5.56 Å². The van der Waals surface area contributed by atoms with Crippen LogP contribution >= 0.6 is 0 Å². The summed E-state index contributed by atoms with van der Waals surface area (Å²) < 4.78 is 24.9. The molecule has 1 atom stereocenters. The van der Waals surface area contributed by atoms with Gasteiger partial charge in [-0.2, -0.15) is 0 Å². The van der Waals surface area contributed by atoms with Gasteiger partial charge < -0.3 is 5.11 Å². The van der Waals surface area contributed by atoms with E-state index in [4.69, 9.17) is 0 Å². The van der Waals surface area contributed by atoms with Crippen molar-refractivity contribution in [3.8, 4) is 0 Å². The van der Waals surface area contributed by atoms with E-state index in [1.165, 1.54) is 17.7 Å². The monoisotopic (exact) mass is 276 g/mol. The molecule has 0 saturated carbocycles. The van der Waals surface area contributed by atoms with Gasteiger partial charge in [0.2, 0.25) is 0 Å². The van der Waals surface area contributed by atoms with Crippen LogP contribution in [0.4, 0.5) is 8.78 Å². The molecule has 1 unspecified atom stereocenters. The molecule has 0 aliphatic heterocycles. The lowest BCUT2D eigenvalue weighted by Crippen LogP contribution is -1.99. The molecule has 0 aromatic heterocycles. The van der Waals surface area contributed by atoms with E-state index in [0.29, 0.717) is 12.0 Å². The Hall–Kier alpha value is -1.74. The van der Waals surface area contributed by atoms with Gasteiger partial charge in [-0.25, -0.2) is 8.78 Å². The number of benzene rings is 2. The molecule has 0 saturated heterocycles. The Kier molecular flexibility index (Phi) is 5.24. The Morgan fingerprint density at radius 2 is 1.45 bits per heavy atom. The maximum atomic E-state index is 12.4. The molecule has 106 valence electrons. The second kappa shape index (κ2) is 7.15. The van der Waals surface area contributed by atoms with Crippen LogP contribution in [0.5, 0.6) is 0 Å². The second-order valence-electron chi connectivity index (χ2n) is 4.86. The van der Waals surface area contributed by atoms with Gasteiger partial charge in [-0.15, -0.1) is 0 Å². The van der Waals surface area contributed by atoms with Crippen LogP contribution in [0.25, 0.3) is 0 Å². The maximum Gasteiger partial charge on any atom is 0.263 e. The fourth-order valence-electron chi connectivity index (χ4n) is 2.17. The summed E-state index contributed by atoms with van der Waals surface area (Å²) in [5.41, 5.74) is 1.93. The molecular weight excluding hydrogens is 258 g/mol. The first-order valence-electron chi connectivity index (χ1n) is 6.77. The highest BCUT2D eigenvalue weighted by atomic mass is 19.3. The number of aliphatic hydroxyl groups excluding tert-OH is 1. The molecule has 1 N–H and O–H groups in total. The van der Waals surface area contributed by atoms with Crippen molar-refractivity contribution < 1.29 is 13.9 Å². The van der Waals surface area contributed by atoms with Crippen LogP contribution < -0.4 is 0 Å². The highest BCUT2D eigenvalue weighted by Crippen LogP contribution is 2.23. The molecule has 1 nitrogen and oxygen atoms in total. The van der Waals surface area contributed by atoms with Gasteiger partial charge in [-0.05, 0) is 30.4 Å². The van der Waals surface area contributed by atoms with Gasteiger partial charge in [-0.3, -0.25) is 0 Å². The molecule has 0 fully saturated rings. The van der Waals surface area contributed by atoms with Crippen molar-refractivity contribution in [2.45, 2.75) is 31.8 Å². The second-order valence-corrected chi connectivity index (χ2v) is 4.86. The molecule has 0 amide bonds. The van der Waals surface area contributed by atoms with Gasteiger partial charge in [-0.1, -0.05) is 54.6 Å². The Morgan fingerprint density at radius 3 is 2.05 bits per heavy atom. The molecule has 0 bridgehead atoms. The molecule has 0 aliphatic rings. The quantitative estimate of drug-likeness (QED) is 0.812. The predicted octanol–water partition coefficient (Wildman–Crippen LogP) is 4.68. The standard InChI is InChI=1S/C17H18F2O/c18-17(19)15-11-9-14(10-12-15)16(20)8-4-7-13-5-2-1-3-6-13/h1-3,5-6,9-12,16-17,20H,4,7-8H2. The van der Waals surface area contributed by atoms with Crippen molar-refractivity contribution in [2.75, 3.05) is 0 Å². The summed E-state index contributed by atoms with van der Waals surface area (Å²) in [7, 11) is 0. The number of alkyl halides is 2. The fourth-order valence-corrected chi connectivity index (χ4v) is 2.17. The van der Waals surface area contributed by atoms with E-state index in [2.05, 4.69) is 12.1 Å². The molecule has 2 aromatic carbocycles. The normalized spacial score (nSPS) is 12.6. The van der Waals surface area contributed by atoms with Crippen molar-refractivity contribution in [3.05, 3.63) is 71.3 Å². The number of halogens is 2. The molecule has 0 radical (unpaired) electrons. The molecule has 2 aromatic rings.